The Morgan fingerprint density at radius 1 is 1.44 bits per heavy atom. The molecule has 1 atom stereocenters. The van der Waals surface area contributed by atoms with E-state index in [0.29, 0.717) is 19.4 Å². The SMILES string of the molecule is CC(=O)N(C)[C@@H](CCCN=C(N)N)C(=O)O. The molecule has 1 amide bonds. The predicted octanol–water partition coefficient (Wildman–Crippen LogP) is -1.03. The van der Waals surface area contributed by atoms with Crippen molar-refractivity contribution in [3.05, 3.63) is 0 Å². The van der Waals surface area contributed by atoms with Crippen molar-refractivity contribution in [3.63, 3.8) is 0 Å². The predicted molar refractivity (Wildman–Crippen MR) is 59.8 cm³/mol. The van der Waals surface area contributed by atoms with Gasteiger partial charge in [0.15, 0.2) is 5.96 Å². The monoisotopic (exact) mass is 230 g/mol. The number of likely N-dealkylation sites (N-methyl/N-ethyl adjacent to an activating group) is 1. The summed E-state index contributed by atoms with van der Waals surface area (Å²) in [5.41, 5.74) is 10.2. The summed E-state index contributed by atoms with van der Waals surface area (Å²) in [7, 11) is 1.46. The van der Waals surface area contributed by atoms with Gasteiger partial charge in [-0.3, -0.25) is 9.79 Å². The van der Waals surface area contributed by atoms with Gasteiger partial charge in [-0.1, -0.05) is 0 Å². The lowest BCUT2D eigenvalue weighted by molar-refractivity contribution is -0.148. The number of hydrogen-bond donors (Lipinski definition) is 3. The number of amides is 1. The van der Waals surface area contributed by atoms with Crippen LogP contribution in [0.5, 0.6) is 0 Å². The zero-order chi connectivity index (χ0) is 12.7. The Bertz CT molecular complexity index is 286. The molecule has 5 N–H and O–H groups in total. The Labute approximate surface area is 94.1 Å². The van der Waals surface area contributed by atoms with E-state index in [1.807, 2.05) is 0 Å². The van der Waals surface area contributed by atoms with Gasteiger partial charge in [-0.25, -0.2) is 4.79 Å². The number of carboxylic acids is 1. The summed E-state index contributed by atoms with van der Waals surface area (Å²) in [5.74, 6) is -1.33. The maximum atomic E-state index is 11.0. The number of carbonyl (C=O) groups excluding carboxylic acids is 1. The smallest absolute Gasteiger partial charge is 0.326 e. The Morgan fingerprint density at radius 2 is 2.00 bits per heavy atom. The molecule has 0 aliphatic heterocycles. The van der Waals surface area contributed by atoms with E-state index >= 15 is 0 Å². The van der Waals surface area contributed by atoms with Crippen molar-refractivity contribution < 1.29 is 14.7 Å². The van der Waals surface area contributed by atoms with Gasteiger partial charge < -0.3 is 21.5 Å². The van der Waals surface area contributed by atoms with E-state index in [0.717, 1.165) is 0 Å². The van der Waals surface area contributed by atoms with Gasteiger partial charge in [0, 0.05) is 20.5 Å². The standard InChI is InChI=1S/C9H18N4O3/c1-6(14)13(2)7(8(15)16)4-3-5-12-9(10)11/h7H,3-5H2,1-2H3,(H,15,16)(H4,10,11,12)/t7-/m0/s1. The Hall–Kier alpha value is -1.79. The highest BCUT2D eigenvalue weighted by atomic mass is 16.4. The number of guanidine groups is 1. The quantitative estimate of drug-likeness (QED) is 0.306. The zero-order valence-corrected chi connectivity index (χ0v) is 9.51. The van der Waals surface area contributed by atoms with Crippen LogP contribution >= 0.6 is 0 Å². The third kappa shape index (κ3) is 5.18. The lowest BCUT2D eigenvalue weighted by Gasteiger charge is -2.23. The second-order valence-electron chi connectivity index (χ2n) is 3.43. The number of aliphatic imine (C=N–C) groups is 1. The minimum Gasteiger partial charge on any atom is -0.480 e. The summed E-state index contributed by atoms with van der Waals surface area (Å²) in [6.45, 7) is 1.68. The molecule has 0 spiro atoms. The van der Waals surface area contributed by atoms with Gasteiger partial charge in [0.05, 0.1) is 0 Å². The Balaban J connectivity index is 4.20. The third-order valence-corrected chi connectivity index (χ3v) is 2.18. The molecule has 7 nitrogen and oxygen atoms in total. The summed E-state index contributed by atoms with van der Waals surface area (Å²) in [5, 5.41) is 8.92. The van der Waals surface area contributed by atoms with Gasteiger partial charge in [-0.15, -0.1) is 0 Å². The number of carboxylic acid groups (broad SMARTS) is 1. The van der Waals surface area contributed by atoms with Crippen molar-refractivity contribution >= 4 is 17.8 Å². The third-order valence-electron chi connectivity index (χ3n) is 2.18. The van der Waals surface area contributed by atoms with Gasteiger partial charge in [0.25, 0.3) is 0 Å². The molecule has 0 saturated heterocycles. The molecule has 0 fully saturated rings. The fourth-order valence-electron chi connectivity index (χ4n) is 1.20. The fourth-order valence-corrected chi connectivity index (χ4v) is 1.20. The maximum absolute atomic E-state index is 11.0. The molecule has 0 saturated carbocycles. The molecule has 0 heterocycles. The van der Waals surface area contributed by atoms with Crippen LogP contribution in [0.4, 0.5) is 0 Å². The van der Waals surface area contributed by atoms with Crippen LogP contribution in [0, 0.1) is 0 Å². The normalized spacial score (nSPS) is 11.6. The molecular formula is C9H18N4O3. The second-order valence-corrected chi connectivity index (χ2v) is 3.43. The topological polar surface area (TPSA) is 122 Å². The fraction of sp³-hybridized carbons (Fsp3) is 0.667. The summed E-state index contributed by atoms with van der Waals surface area (Å²) in [4.78, 5) is 26.8. The molecular weight excluding hydrogens is 212 g/mol. The maximum Gasteiger partial charge on any atom is 0.326 e. The van der Waals surface area contributed by atoms with Crippen molar-refractivity contribution in [3.8, 4) is 0 Å². The van der Waals surface area contributed by atoms with Crippen molar-refractivity contribution in [2.24, 2.45) is 16.5 Å². The Morgan fingerprint density at radius 3 is 2.38 bits per heavy atom. The highest BCUT2D eigenvalue weighted by molar-refractivity contribution is 5.82. The molecule has 0 rings (SSSR count). The van der Waals surface area contributed by atoms with Gasteiger partial charge in [-0.05, 0) is 12.8 Å². The molecule has 92 valence electrons. The minimum absolute atomic E-state index is 0.0215. The summed E-state index contributed by atoms with van der Waals surface area (Å²) in [6.07, 6.45) is 0.828. The minimum atomic E-state index is -1.03. The number of nitrogens with zero attached hydrogens (tertiary/aromatic N) is 2. The molecule has 16 heavy (non-hydrogen) atoms. The van der Waals surface area contributed by atoms with Crippen molar-refractivity contribution in [1.82, 2.24) is 4.90 Å². The molecule has 0 aliphatic carbocycles. The van der Waals surface area contributed by atoms with E-state index in [-0.39, 0.29) is 11.9 Å². The van der Waals surface area contributed by atoms with Crippen molar-refractivity contribution in [2.45, 2.75) is 25.8 Å². The van der Waals surface area contributed by atoms with Crippen LogP contribution < -0.4 is 11.5 Å². The highest BCUT2D eigenvalue weighted by Crippen LogP contribution is 2.06. The van der Waals surface area contributed by atoms with E-state index < -0.39 is 12.0 Å². The van der Waals surface area contributed by atoms with Crippen LogP contribution in [0.2, 0.25) is 0 Å². The number of hydrogen-bond acceptors (Lipinski definition) is 3. The molecule has 0 unspecified atom stereocenters. The van der Waals surface area contributed by atoms with Crippen LogP contribution in [-0.2, 0) is 9.59 Å². The summed E-state index contributed by atoms with van der Waals surface area (Å²) in [6, 6.07) is -0.827. The molecule has 0 aromatic rings. The van der Waals surface area contributed by atoms with Crippen LogP contribution in [0.25, 0.3) is 0 Å². The molecule has 0 aromatic carbocycles. The molecule has 0 bridgehead atoms. The van der Waals surface area contributed by atoms with Crippen LogP contribution in [0.1, 0.15) is 19.8 Å². The lowest BCUT2D eigenvalue weighted by atomic mass is 10.1. The average molecular weight is 230 g/mol. The Kier molecular flexibility index (Phi) is 5.91. The average Bonchev–Trinajstić information content (AvgIpc) is 2.15. The lowest BCUT2D eigenvalue weighted by Crippen LogP contribution is -2.41. The molecule has 0 radical (unpaired) electrons. The van der Waals surface area contributed by atoms with Gasteiger partial charge in [0.2, 0.25) is 5.91 Å². The zero-order valence-electron chi connectivity index (χ0n) is 9.51. The second kappa shape index (κ2) is 6.65. The van der Waals surface area contributed by atoms with E-state index in [1.165, 1.54) is 18.9 Å². The summed E-state index contributed by atoms with van der Waals surface area (Å²) >= 11 is 0. The van der Waals surface area contributed by atoms with E-state index in [4.69, 9.17) is 16.6 Å². The first-order valence-corrected chi connectivity index (χ1v) is 4.87. The van der Waals surface area contributed by atoms with Crippen LogP contribution in [-0.4, -0.2) is 47.5 Å². The number of rotatable bonds is 6. The van der Waals surface area contributed by atoms with E-state index in [1.54, 1.807) is 0 Å². The number of aliphatic carboxylic acids is 1. The molecule has 7 heteroatoms. The van der Waals surface area contributed by atoms with E-state index in [2.05, 4.69) is 4.99 Å². The van der Waals surface area contributed by atoms with Gasteiger partial charge in [0.1, 0.15) is 6.04 Å². The van der Waals surface area contributed by atoms with Crippen molar-refractivity contribution in [1.29, 1.82) is 0 Å². The number of carbonyl (C=O) groups is 2. The van der Waals surface area contributed by atoms with Crippen molar-refractivity contribution in [2.75, 3.05) is 13.6 Å². The van der Waals surface area contributed by atoms with Gasteiger partial charge >= 0.3 is 5.97 Å². The molecule has 0 aliphatic rings. The highest BCUT2D eigenvalue weighted by Gasteiger charge is 2.23. The van der Waals surface area contributed by atoms with Crippen LogP contribution in [0.3, 0.4) is 0 Å². The van der Waals surface area contributed by atoms with Gasteiger partial charge in [-0.2, -0.15) is 0 Å². The number of nitrogens with two attached hydrogens (primary N) is 2. The molecule has 0 aromatic heterocycles. The first kappa shape index (κ1) is 14.2. The first-order valence-electron chi connectivity index (χ1n) is 4.87. The first-order chi connectivity index (χ1) is 7.36. The van der Waals surface area contributed by atoms with E-state index in [9.17, 15) is 9.59 Å². The van der Waals surface area contributed by atoms with Crippen LogP contribution in [0.15, 0.2) is 4.99 Å². The summed E-state index contributed by atoms with van der Waals surface area (Å²) < 4.78 is 0. The largest absolute Gasteiger partial charge is 0.480 e.